The molecule has 2 atom stereocenters. The average Bonchev–Trinajstić information content (AvgIpc) is 2.70. The van der Waals surface area contributed by atoms with Gasteiger partial charge in [0.25, 0.3) is 5.91 Å². The number of nitro groups is 1. The quantitative estimate of drug-likeness (QED) is 0.605. The first-order valence-electron chi connectivity index (χ1n) is 6.36. The predicted molar refractivity (Wildman–Crippen MR) is 66.8 cm³/mol. The Morgan fingerprint density at radius 1 is 1.42 bits per heavy atom. The van der Waals surface area contributed by atoms with Crippen LogP contribution in [0.15, 0.2) is 4.52 Å². The number of carbonyl (C=O) groups excluding carboxylic acids is 1. The average molecular weight is 267 g/mol. The van der Waals surface area contributed by atoms with E-state index in [1.165, 1.54) is 6.92 Å². The van der Waals surface area contributed by atoms with Gasteiger partial charge in [0, 0.05) is 19.0 Å². The molecule has 0 unspecified atom stereocenters. The third kappa shape index (κ3) is 2.32. The molecule has 0 aromatic carbocycles. The van der Waals surface area contributed by atoms with Crippen molar-refractivity contribution in [1.29, 1.82) is 0 Å². The van der Waals surface area contributed by atoms with Gasteiger partial charge >= 0.3 is 5.69 Å². The molecule has 2 rings (SSSR count). The third-order valence-corrected chi connectivity index (χ3v) is 3.64. The highest BCUT2D eigenvalue weighted by molar-refractivity contribution is 5.96. The van der Waals surface area contributed by atoms with E-state index in [4.69, 9.17) is 4.52 Å². The molecular weight excluding hydrogens is 250 g/mol. The first-order chi connectivity index (χ1) is 8.93. The second kappa shape index (κ2) is 4.99. The molecule has 0 bridgehead atoms. The zero-order valence-corrected chi connectivity index (χ0v) is 11.3. The SMILES string of the molecule is Cc1onc(C(=O)N2[C@@H](C)CCC[C@@H]2C)c1[N+](=O)[O-]. The van der Waals surface area contributed by atoms with Gasteiger partial charge in [0.05, 0.1) is 4.92 Å². The number of hydrogen-bond acceptors (Lipinski definition) is 5. The number of rotatable bonds is 2. The van der Waals surface area contributed by atoms with Crippen molar-refractivity contribution < 1.29 is 14.2 Å². The second-order valence-corrected chi connectivity index (χ2v) is 5.03. The number of nitrogens with zero attached hydrogens (tertiary/aromatic N) is 3. The molecule has 7 nitrogen and oxygen atoms in total. The summed E-state index contributed by atoms with van der Waals surface area (Å²) in [5.74, 6) is -0.353. The normalized spacial score (nSPS) is 23.4. The maximum Gasteiger partial charge on any atom is 0.344 e. The molecule has 1 amide bonds. The van der Waals surface area contributed by atoms with Crippen molar-refractivity contribution in [2.24, 2.45) is 0 Å². The van der Waals surface area contributed by atoms with Gasteiger partial charge in [0.15, 0.2) is 0 Å². The zero-order valence-electron chi connectivity index (χ0n) is 11.3. The van der Waals surface area contributed by atoms with Gasteiger partial charge in [-0.25, -0.2) is 0 Å². The second-order valence-electron chi connectivity index (χ2n) is 5.03. The molecule has 0 saturated carbocycles. The maximum atomic E-state index is 12.5. The first kappa shape index (κ1) is 13.5. The van der Waals surface area contributed by atoms with E-state index in [9.17, 15) is 14.9 Å². The molecule has 1 aromatic heterocycles. The fourth-order valence-corrected chi connectivity index (χ4v) is 2.67. The molecule has 1 aromatic rings. The highest BCUT2D eigenvalue weighted by Gasteiger charge is 2.37. The number of amides is 1. The van der Waals surface area contributed by atoms with Crippen LogP contribution in [0.3, 0.4) is 0 Å². The monoisotopic (exact) mass is 267 g/mol. The van der Waals surface area contributed by atoms with Crippen LogP contribution in [0.5, 0.6) is 0 Å². The molecule has 0 spiro atoms. The third-order valence-electron chi connectivity index (χ3n) is 3.64. The van der Waals surface area contributed by atoms with Crippen molar-refractivity contribution >= 4 is 11.6 Å². The molecule has 0 radical (unpaired) electrons. The van der Waals surface area contributed by atoms with Crippen LogP contribution in [-0.2, 0) is 0 Å². The summed E-state index contributed by atoms with van der Waals surface area (Å²) in [6, 6.07) is 0.126. The smallest absolute Gasteiger partial charge is 0.344 e. The molecule has 19 heavy (non-hydrogen) atoms. The Hall–Kier alpha value is -1.92. The lowest BCUT2D eigenvalue weighted by molar-refractivity contribution is -0.386. The van der Waals surface area contributed by atoms with E-state index in [1.54, 1.807) is 4.90 Å². The topological polar surface area (TPSA) is 89.5 Å². The van der Waals surface area contributed by atoms with Crippen LogP contribution < -0.4 is 0 Å². The lowest BCUT2D eigenvalue weighted by Gasteiger charge is -2.38. The van der Waals surface area contributed by atoms with E-state index >= 15 is 0 Å². The van der Waals surface area contributed by atoms with Gasteiger partial charge < -0.3 is 9.42 Å². The summed E-state index contributed by atoms with van der Waals surface area (Å²) in [4.78, 5) is 24.5. The summed E-state index contributed by atoms with van der Waals surface area (Å²) in [5, 5.41) is 14.6. The molecule has 0 aliphatic carbocycles. The molecule has 104 valence electrons. The summed E-state index contributed by atoms with van der Waals surface area (Å²) in [6.07, 6.45) is 2.87. The van der Waals surface area contributed by atoms with E-state index in [0.29, 0.717) is 0 Å². The van der Waals surface area contributed by atoms with Crippen molar-refractivity contribution in [3.63, 3.8) is 0 Å². The van der Waals surface area contributed by atoms with Gasteiger partial charge in [-0.3, -0.25) is 14.9 Å². The predicted octanol–water partition coefficient (Wildman–Crippen LogP) is 2.29. The van der Waals surface area contributed by atoms with E-state index in [1.807, 2.05) is 13.8 Å². The van der Waals surface area contributed by atoms with Gasteiger partial charge in [-0.2, -0.15) is 0 Å². The molecule has 7 heteroatoms. The highest BCUT2D eigenvalue weighted by atomic mass is 16.6. The molecule has 1 aliphatic rings. The number of hydrogen-bond donors (Lipinski definition) is 0. The highest BCUT2D eigenvalue weighted by Crippen LogP contribution is 2.29. The van der Waals surface area contributed by atoms with Crippen LogP contribution in [0.25, 0.3) is 0 Å². The standard InChI is InChI=1S/C12H17N3O4/c1-7-5-4-6-8(2)14(7)12(16)10-11(15(17)18)9(3)19-13-10/h7-8H,4-6H2,1-3H3/t7-,8-/m0/s1. The van der Waals surface area contributed by atoms with Crippen molar-refractivity contribution in [1.82, 2.24) is 10.1 Å². The van der Waals surface area contributed by atoms with E-state index < -0.39 is 10.8 Å². The van der Waals surface area contributed by atoms with Crippen LogP contribution >= 0.6 is 0 Å². The Balaban J connectivity index is 2.36. The van der Waals surface area contributed by atoms with Crippen LogP contribution in [0.4, 0.5) is 5.69 Å². The number of piperidine rings is 1. The Kier molecular flexibility index (Phi) is 3.55. The summed E-state index contributed by atoms with van der Waals surface area (Å²) in [5.41, 5.74) is -0.516. The van der Waals surface area contributed by atoms with Crippen LogP contribution in [0.2, 0.25) is 0 Å². The van der Waals surface area contributed by atoms with E-state index in [0.717, 1.165) is 19.3 Å². The fourth-order valence-electron chi connectivity index (χ4n) is 2.67. The maximum absolute atomic E-state index is 12.5. The van der Waals surface area contributed by atoms with Crippen LogP contribution in [0, 0.1) is 17.0 Å². The minimum atomic E-state index is -0.613. The number of aromatic nitrogens is 1. The van der Waals surface area contributed by atoms with Crippen molar-refractivity contribution in [3.05, 3.63) is 21.6 Å². The summed E-state index contributed by atoms with van der Waals surface area (Å²) >= 11 is 0. The number of carbonyl (C=O) groups is 1. The lowest BCUT2D eigenvalue weighted by Crippen LogP contribution is -2.47. The van der Waals surface area contributed by atoms with E-state index in [2.05, 4.69) is 5.16 Å². The molecule has 1 saturated heterocycles. The Labute approximate surface area is 110 Å². The van der Waals surface area contributed by atoms with Gasteiger partial charge in [0.1, 0.15) is 0 Å². The van der Waals surface area contributed by atoms with Gasteiger partial charge in [-0.05, 0) is 33.1 Å². The fraction of sp³-hybridized carbons (Fsp3) is 0.667. The molecule has 1 aliphatic heterocycles. The largest absolute Gasteiger partial charge is 0.353 e. The summed E-state index contributed by atoms with van der Waals surface area (Å²) < 4.78 is 4.80. The summed E-state index contributed by atoms with van der Waals surface area (Å²) in [6.45, 7) is 5.34. The van der Waals surface area contributed by atoms with Gasteiger partial charge in [-0.1, -0.05) is 5.16 Å². The Morgan fingerprint density at radius 3 is 2.53 bits per heavy atom. The minimum absolute atomic E-state index is 0.0608. The molecule has 0 N–H and O–H groups in total. The Bertz CT molecular complexity index is 501. The first-order valence-corrected chi connectivity index (χ1v) is 6.36. The minimum Gasteiger partial charge on any atom is -0.353 e. The van der Waals surface area contributed by atoms with Crippen LogP contribution in [0.1, 0.15) is 49.4 Å². The van der Waals surface area contributed by atoms with E-state index in [-0.39, 0.29) is 29.2 Å². The van der Waals surface area contributed by atoms with Crippen LogP contribution in [-0.4, -0.2) is 33.0 Å². The van der Waals surface area contributed by atoms with Crippen molar-refractivity contribution in [2.45, 2.75) is 52.1 Å². The summed E-state index contributed by atoms with van der Waals surface area (Å²) in [7, 11) is 0. The zero-order chi connectivity index (χ0) is 14.2. The van der Waals surface area contributed by atoms with Crippen molar-refractivity contribution in [3.8, 4) is 0 Å². The molecule has 1 fully saturated rings. The number of aryl methyl sites for hydroxylation is 1. The lowest BCUT2D eigenvalue weighted by atomic mass is 9.97. The van der Waals surface area contributed by atoms with Gasteiger partial charge in [0.2, 0.25) is 11.5 Å². The van der Waals surface area contributed by atoms with Gasteiger partial charge in [-0.15, -0.1) is 0 Å². The van der Waals surface area contributed by atoms with Crippen molar-refractivity contribution in [2.75, 3.05) is 0 Å². The molecule has 2 heterocycles. The molecular formula is C12H17N3O4. The Morgan fingerprint density at radius 2 is 2.00 bits per heavy atom. The number of likely N-dealkylation sites (tertiary alicyclic amines) is 1.